The van der Waals surface area contributed by atoms with Crippen LogP contribution in [0.15, 0.2) is 71.3 Å². The molecule has 7 nitrogen and oxygen atoms in total. The fourth-order valence-electron chi connectivity index (χ4n) is 3.77. The number of rotatable bonds is 7. The molecule has 0 aliphatic carbocycles. The van der Waals surface area contributed by atoms with Gasteiger partial charge < -0.3 is 14.4 Å². The van der Waals surface area contributed by atoms with Crippen LogP contribution in [0.2, 0.25) is 10.0 Å². The van der Waals surface area contributed by atoms with E-state index in [1.54, 1.807) is 44.2 Å². The lowest BCUT2D eigenvalue weighted by Crippen LogP contribution is -2.17. The summed E-state index contributed by atoms with van der Waals surface area (Å²) in [4.78, 5) is 23.5. The molecule has 0 spiro atoms. The molecule has 36 heavy (non-hydrogen) atoms. The summed E-state index contributed by atoms with van der Waals surface area (Å²) in [7, 11) is 0. The van der Waals surface area contributed by atoms with Gasteiger partial charge in [-0.3, -0.25) is 10.1 Å². The van der Waals surface area contributed by atoms with Gasteiger partial charge in [-0.15, -0.1) is 0 Å². The van der Waals surface area contributed by atoms with Gasteiger partial charge in [0.25, 0.3) is 0 Å². The SMILES string of the molecule is Cc1noc(-c2ccc(-c3ccc(CC(=O)O)cc3)cc2)c1NC(=O)OC(C)c1c(Cl)cccc1Cl. The van der Waals surface area contributed by atoms with Crippen molar-refractivity contribution in [2.24, 2.45) is 0 Å². The van der Waals surface area contributed by atoms with Crippen molar-refractivity contribution < 1.29 is 24.0 Å². The van der Waals surface area contributed by atoms with E-state index in [1.165, 1.54) is 0 Å². The van der Waals surface area contributed by atoms with Gasteiger partial charge in [0, 0.05) is 21.2 Å². The fourth-order valence-corrected chi connectivity index (χ4v) is 4.47. The Morgan fingerprint density at radius 1 is 0.972 bits per heavy atom. The first kappa shape index (κ1) is 25.3. The lowest BCUT2D eigenvalue weighted by atomic mass is 10.0. The van der Waals surface area contributed by atoms with Crippen molar-refractivity contribution in [2.75, 3.05) is 5.32 Å². The Kier molecular flexibility index (Phi) is 7.62. The second-order valence-corrected chi connectivity index (χ2v) is 8.94. The monoisotopic (exact) mass is 524 g/mol. The third kappa shape index (κ3) is 5.70. The van der Waals surface area contributed by atoms with Crippen LogP contribution in [-0.4, -0.2) is 22.3 Å². The van der Waals surface area contributed by atoms with Crippen LogP contribution in [0, 0.1) is 6.92 Å². The van der Waals surface area contributed by atoms with Crippen LogP contribution in [0.3, 0.4) is 0 Å². The molecule has 9 heteroatoms. The number of carboxylic acids is 1. The molecular formula is C27H22Cl2N2O5. The maximum absolute atomic E-state index is 12.7. The first-order chi connectivity index (χ1) is 17.2. The Morgan fingerprint density at radius 3 is 2.11 bits per heavy atom. The van der Waals surface area contributed by atoms with Crippen LogP contribution in [0.25, 0.3) is 22.5 Å². The number of amides is 1. The molecule has 1 heterocycles. The van der Waals surface area contributed by atoms with Crippen LogP contribution in [-0.2, 0) is 16.0 Å². The van der Waals surface area contributed by atoms with Crippen molar-refractivity contribution in [1.29, 1.82) is 0 Å². The summed E-state index contributed by atoms with van der Waals surface area (Å²) >= 11 is 12.4. The Morgan fingerprint density at radius 2 is 1.53 bits per heavy atom. The second-order valence-electron chi connectivity index (χ2n) is 8.12. The van der Waals surface area contributed by atoms with Crippen molar-refractivity contribution >= 4 is 41.0 Å². The van der Waals surface area contributed by atoms with Crippen molar-refractivity contribution in [2.45, 2.75) is 26.4 Å². The van der Waals surface area contributed by atoms with E-state index in [0.29, 0.717) is 38.3 Å². The second kappa shape index (κ2) is 10.8. The van der Waals surface area contributed by atoms with Gasteiger partial charge in [0.15, 0.2) is 5.76 Å². The molecule has 0 saturated heterocycles. The van der Waals surface area contributed by atoms with Crippen molar-refractivity contribution in [3.8, 4) is 22.5 Å². The largest absolute Gasteiger partial charge is 0.481 e. The number of carboxylic acid groups (broad SMARTS) is 1. The number of aryl methyl sites for hydroxylation is 1. The number of nitrogens with zero attached hydrogens (tertiary/aromatic N) is 1. The Balaban J connectivity index is 1.49. The predicted molar refractivity (Wildman–Crippen MR) is 138 cm³/mol. The van der Waals surface area contributed by atoms with Gasteiger partial charge in [0.1, 0.15) is 17.5 Å². The average Bonchev–Trinajstić information content (AvgIpc) is 3.19. The summed E-state index contributed by atoms with van der Waals surface area (Å²) in [6, 6.07) is 19.9. The zero-order valence-corrected chi connectivity index (χ0v) is 20.9. The van der Waals surface area contributed by atoms with E-state index in [0.717, 1.165) is 16.7 Å². The molecule has 3 aromatic carbocycles. The highest BCUT2D eigenvalue weighted by molar-refractivity contribution is 6.36. The number of hydrogen-bond donors (Lipinski definition) is 2. The van der Waals surface area contributed by atoms with Crippen LogP contribution in [0.5, 0.6) is 0 Å². The molecule has 0 fully saturated rings. The van der Waals surface area contributed by atoms with Gasteiger partial charge in [-0.2, -0.15) is 0 Å². The van der Waals surface area contributed by atoms with E-state index in [-0.39, 0.29) is 6.42 Å². The molecule has 1 aromatic heterocycles. The molecule has 1 amide bonds. The number of nitrogens with one attached hydrogen (secondary N) is 1. The van der Waals surface area contributed by atoms with E-state index < -0.39 is 18.2 Å². The summed E-state index contributed by atoms with van der Waals surface area (Å²) in [5, 5.41) is 16.4. The molecule has 1 atom stereocenters. The van der Waals surface area contributed by atoms with Gasteiger partial charge in [0.05, 0.1) is 6.42 Å². The standard InChI is InChI=1S/C27H22Cl2N2O5/c1-15-25(30-27(34)35-16(2)24-21(28)4-3-5-22(24)29)26(36-31-15)20-12-10-19(11-13-20)18-8-6-17(7-9-18)14-23(32)33/h3-13,16H,14H2,1-2H3,(H,30,34)(H,32,33). The van der Waals surface area contributed by atoms with Crippen LogP contribution >= 0.6 is 23.2 Å². The first-order valence-corrected chi connectivity index (χ1v) is 11.8. The Labute approximate surface area is 217 Å². The summed E-state index contributed by atoms with van der Waals surface area (Å²) in [5.74, 6) is -0.485. The maximum atomic E-state index is 12.7. The molecule has 0 aliphatic heterocycles. The van der Waals surface area contributed by atoms with Crippen molar-refractivity contribution in [1.82, 2.24) is 5.16 Å². The van der Waals surface area contributed by atoms with Gasteiger partial charge in [0.2, 0.25) is 0 Å². The highest BCUT2D eigenvalue weighted by atomic mass is 35.5. The normalized spacial score (nSPS) is 11.7. The van der Waals surface area contributed by atoms with Crippen LogP contribution in [0.4, 0.5) is 10.5 Å². The van der Waals surface area contributed by atoms with Gasteiger partial charge in [-0.1, -0.05) is 83.0 Å². The number of ether oxygens (including phenoxy) is 1. The minimum atomic E-state index is -0.870. The minimum absolute atomic E-state index is 0.0214. The lowest BCUT2D eigenvalue weighted by molar-refractivity contribution is -0.136. The first-order valence-electron chi connectivity index (χ1n) is 11.0. The number of anilines is 1. The molecule has 2 N–H and O–H groups in total. The minimum Gasteiger partial charge on any atom is -0.481 e. The molecule has 0 radical (unpaired) electrons. The number of carbonyl (C=O) groups is 2. The van der Waals surface area contributed by atoms with Crippen LogP contribution in [0.1, 0.15) is 29.8 Å². The lowest BCUT2D eigenvalue weighted by Gasteiger charge is -2.16. The van der Waals surface area contributed by atoms with Gasteiger partial charge in [-0.05, 0) is 42.7 Å². The predicted octanol–water partition coefficient (Wildman–Crippen LogP) is 7.56. The summed E-state index contributed by atoms with van der Waals surface area (Å²) in [6.45, 7) is 3.39. The average molecular weight is 525 g/mol. The molecule has 4 aromatic rings. The quantitative estimate of drug-likeness (QED) is 0.258. The number of benzene rings is 3. The van der Waals surface area contributed by atoms with Crippen molar-refractivity contribution in [3.63, 3.8) is 0 Å². The Bertz CT molecular complexity index is 1380. The zero-order valence-electron chi connectivity index (χ0n) is 19.4. The number of halogens is 2. The number of carbonyl (C=O) groups excluding carboxylic acids is 1. The molecule has 0 bridgehead atoms. The summed E-state index contributed by atoms with van der Waals surface area (Å²) < 4.78 is 11.0. The molecule has 0 aliphatic rings. The molecular weight excluding hydrogens is 503 g/mol. The van der Waals surface area contributed by atoms with E-state index >= 15 is 0 Å². The molecule has 4 rings (SSSR count). The fraction of sp³-hybridized carbons (Fsp3) is 0.148. The van der Waals surface area contributed by atoms with Gasteiger partial charge >= 0.3 is 12.1 Å². The molecule has 184 valence electrons. The topological polar surface area (TPSA) is 102 Å². The maximum Gasteiger partial charge on any atom is 0.412 e. The molecule has 0 saturated carbocycles. The van der Waals surface area contributed by atoms with Crippen molar-refractivity contribution in [3.05, 3.63) is 93.6 Å². The smallest absolute Gasteiger partial charge is 0.412 e. The van der Waals surface area contributed by atoms with Gasteiger partial charge in [-0.25, -0.2) is 4.79 Å². The number of hydrogen-bond acceptors (Lipinski definition) is 5. The third-order valence-electron chi connectivity index (χ3n) is 5.57. The van der Waals surface area contributed by atoms with E-state index in [1.807, 2.05) is 36.4 Å². The molecule has 1 unspecified atom stereocenters. The third-order valence-corrected chi connectivity index (χ3v) is 6.23. The zero-order chi connectivity index (χ0) is 25.8. The number of aliphatic carboxylic acids is 1. The van der Waals surface area contributed by atoms with Crippen LogP contribution < -0.4 is 5.32 Å². The highest BCUT2D eigenvalue weighted by Crippen LogP contribution is 2.35. The summed E-state index contributed by atoms with van der Waals surface area (Å²) in [5.41, 5.74) is 4.72. The Hall–Kier alpha value is -3.81. The van der Waals surface area contributed by atoms with E-state index in [4.69, 9.17) is 37.6 Å². The van der Waals surface area contributed by atoms with E-state index in [2.05, 4.69) is 10.5 Å². The highest BCUT2D eigenvalue weighted by Gasteiger charge is 2.22. The number of aromatic nitrogens is 1. The van der Waals surface area contributed by atoms with E-state index in [9.17, 15) is 9.59 Å². The summed E-state index contributed by atoms with van der Waals surface area (Å²) in [6.07, 6.45) is -1.41.